The molecular formula is C11H12N4O. The van der Waals surface area contributed by atoms with E-state index < -0.39 is 0 Å². The van der Waals surface area contributed by atoms with Crippen LogP contribution in [0, 0.1) is 0 Å². The van der Waals surface area contributed by atoms with Crippen molar-refractivity contribution in [1.82, 2.24) is 19.5 Å². The minimum absolute atomic E-state index is 0.140. The number of rotatable bonds is 1. The minimum Gasteiger partial charge on any atom is -0.321 e. The van der Waals surface area contributed by atoms with Gasteiger partial charge in [-0.25, -0.2) is 9.97 Å². The molecule has 2 aromatic heterocycles. The highest BCUT2D eigenvalue weighted by Gasteiger charge is 2.14. The number of imidazole rings is 1. The third-order valence-electron chi connectivity index (χ3n) is 2.90. The van der Waals surface area contributed by atoms with Crippen LogP contribution in [-0.4, -0.2) is 19.5 Å². The molecule has 5 heteroatoms. The molecule has 0 bridgehead atoms. The average Bonchev–Trinajstić information content (AvgIpc) is 2.81. The zero-order chi connectivity index (χ0) is 11.0. The zero-order valence-corrected chi connectivity index (χ0v) is 8.81. The summed E-state index contributed by atoms with van der Waals surface area (Å²) < 4.78 is 1.65. The van der Waals surface area contributed by atoms with Gasteiger partial charge in [-0.1, -0.05) is 0 Å². The lowest BCUT2D eigenvalue weighted by molar-refractivity contribution is 0.641. The van der Waals surface area contributed by atoms with Gasteiger partial charge in [0.25, 0.3) is 5.56 Å². The van der Waals surface area contributed by atoms with Crippen molar-refractivity contribution in [1.29, 1.82) is 0 Å². The molecule has 0 spiro atoms. The standard InChI is InChI=1S/C11H12N4O/c16-11-10(15-6-5-12-7-15)13-8-3-1-2-4-9(8)14-11/h5-7H,1-4H2,(H,14,16). The van der Waals surface area contributed by atoms with Crippen LogP contribution in [0.15, 0.2) is 23.5 Å². The van der Waals surface area contributed by atoms with Crippen LogP contribution in [0.25, 0.3) is 5.82 Å². The molecule has 0 saturated carbocycles. The van der Waals surface area contributed by atoms with E-state index in [4.69, 9.17) is 0 Å². The Kier molecular flexibility index (Phi) is 2.09. The SMILES string of the molecule is O=c1[nH]c2c(nc1-n1ccnc1)CCCC2. The van der Waals surface area contributed by atoms with Crippen LogP contribution in [0.1, 0.15) is 24.2 Å². The maximum absolute atomic E-state index is 11.8. The molecule has 0 aliphatic heterocycles. The maximum atomic E-state index is 11.8. The molecule has 82 valence electrons. The lowest BCUT2D eigenvalue weighted by atomic mass is 10.0. The van der Waals surface area contributed by atoms with Gasteiger partial charge < -0.3 is 4.98 Å². The molecule has 16 heavy (non-hydrogen) atoms. The number of aryl methyl sites for hydroxylation is 2. The number of aromatic nitrogens is 4. The Balaban J connectivity index is 2.16. The molecule has 1 aliphatic carbocycles. The van der Waals surface area contributed by atoms with E-state index in [2.05, 4.69) is 15.0 Å². The third-order valence-corrected chi connectivity index (χ3v) is 2.90. The minimum atomic E-state index is -0.140. The summed E-state index contributed by atoms with van der Waals surface area (Å²) in [6.45, 7) is 0. The third kappa shape index (κ3) is 1.44. The first-order valence-corrected chi connectivity index (χ1v) is 5.45. The van der Waals surface area contributed by atoms with Crippen molar-refractivity contribution in [2.24, 2.45) is 0 Å². The number of hydrogen-bond donors (Lipinski definition) is 1. The first-order chi connectivity index (χ1) is 7.84. The van der Waals surface area contributed by atoms with Crippen LogP contribution in [0.2, 0.25) is 0 Å². The second kappa shape index (κ2) is 3.59. The van der Waals surface area contributed by atoms with Crippen LogP contribution < -0.4 is 5.56 Å². The Morgan fingerprint density at radius 3 is 3.00 bits per heavy atom. The van der Waals surface area contributed by atoms with E-state index in [-0.39, 0.29) is 5.56 Å². The Hall–Kier alpha value is -1.91. The van der Waals surface area contributed by atoms with Gasteiger partial charge in [-0.2, -0.15) is 0 Å². The van der Waals surface area contributed by atoms with Crippen LogP contribution in [0.4, 0.5) is 0 Å². The second-order valence-corrected chi connectivity index (χ2v) is 3.99. The quantitative estimate of drug-likeness (QED) is 0.768. The maximum Gasteiger partial charge on any atom is 0.291 e. The average molecular weight is 216 g/mol. The number of nitrogens with zero attached hydrogens (tertiary/aromatic N) is 3. The number of fused-ring (bicyclic) bond motifs is 1. The second-order valence-electron chi connectivity index (χ2n) is 3.99. The van der Waals surface area contributed by atoms with Crippen molar-refractivity contribution in [2.45, 2.75) is 25.7 Å². The van der Waals surface area contributed by atoms with Crippen LogP contribution in [0.5, 0.6) is 0 Å². The molecule has 0 unspecified atom stereocenters. The molecule has 0 aromatic carbocycles. The summed E-state index contributed by atoms with van der Waals surface area (Å²) in [5, 5.41) is 0. The molecule has 0 atom stereocenters. The molecular weight excluding hydrogens is 204 g/mol. The molecule has 0 amide bonds. The van der Waals surface area contributed by atoms with Gasteiger partial charge in [0.1, 0.15) is 6.33 Å². The molecule has 2 aromatic rings. The molecule has 1 aliphatic rings. The van der Waals surface area contributed by atoms with Crippen molar-refractivity contribution in [2.75, 3.05) is 0 Å². The van der Waals surface area contributed by atoms with Gasteiger partial charge in [0, 0.05) is 18.1 Å². The van der Waals surface area contributed by atoms with E-state index in [0.29, 0.717) is 5.82 Å². The fraction of sp³-hybridized carbons (Fsp3) is 0.364. The summed E-state index contributed by atoms with van der Waals surface area (Å²) >= 11 is 0. The number of nitrogens with one attached hydrogen (secondary N) is 1. The van der Waals surface area contributed by atoms with E-state index in [9.17, 15) is 4.79 Å². The number of aromatic amines is 1. The molecule has 0 radical (unpaired) electrons. The van der Waals surface area contributed by atoms with E-state index in [0.717, 1.165) is 37.1 Å². The summed E-state index contributed by atoms with van der Waals surface area (Å²) in [5.74, 6) is 0.415. The molecule has 2 heterocycles. The summed E-state index contributed by atoms with van der Waals surface area (Å²) in [6, 6.07) is 0. The summed E-state index contributed by atoms with van der Waals surface area (Å²) in [6.07, 6.45) is 9.13. The van der Waals surface area contributed by atoms with Crippen molar-refractivity contribution >= 4 is 0 Å². The molecule has 1 N–H and O–H groups in total. The van der Waals surface area contributed by atoms with E-state index >= 15 is 0 Å². The van der Waals surface area contributed by atoms with Gasteiger partial charge in [0.2, 0.25) is 5.82 Å². The monoisotopic (exact) mass is 216 g/mol. The van der Waals surface area contributed by atoms with Crippen molar-refractivity contribution < 1.29 is 0 Å². The number of hydrogen-bond acceptors (Lipinski definition) is 3. The molecule has 5 nitrogen and oxygen atoms in total. The molecule has 3 rings (SSSR count). The highest BCUT2D eigenvalue weighted by Crippen LogP contribution is 2.16. The number of H-pyrrole nitrogens is 1. The summed E-state index contributed by atoms with van der Waals surface area (Å²) in [7, 11) is 0. The first-order valence-electron chi connectivity index (χ1n) is 5.45. The van der Waals surface area contributed by atoms with Crippen LogP contribution in [-0.2, 0) is 12.8 Å². The van der Waals surface area contributed by atoms with Gasteiger partial charge in [-0.15, -0.1) is 0 Å². The molecule has 0 fully saturated rings. The van der Waals surface area contributed by atoms with Gasteiger partial charge in [-0.05, 0) is 25.7 Å². The topological polar surface area (TPSA) is 63.6 Å². The molecule has 0 saturated heterocycles. The Bertz CT molecular complexity index is 556. The lowest BCUT2D eigenvalue weighted by Crippen LogP contribution is -2.22. The van der Waals surface area contributed by atoms with Crippen LogP contribution in [0.3, 0.4) is 0 Å². The first kappa shape index (κ1) is 9.33. The van der Waals surface area contributed by atoms with E-state index in [1.807, 2.05) is 0 Å². The lowest BCUT2D eigenvalue weighted by Gasteiger charge is -2.14. The fourth-order valence-corrected chi connectivity index (χ4v) is 2.08. The fourth-order valence-electron chi connectivity index (χ4n) is 2.08. The smallest absolute Gasteiger partial charge is 0.291 e. The van der Waals surface area contributed by atoms with Crippen molar-refractivity contribution in [3.05, 3.63) is 40.5 Å². The van der Waals surface area contributed by atoms with Crippen molar-refractivity contribution in [3.8, 4) is 5.82 Å². The highest BCUT2D eigenvalue weighted by molar-refractivity contribution is 5.25. The van der Waals surface area contributed by atoms with Crippen LogP contribution >= 0.6 is 0 Å². The highest BCUT2D eigenvalue weighted by atomic mass is 16.1. The predicted molar refractivity (Wildman–Crippen MR) is 58.6 cm³/mol. The Morgan fingerprint density at radius 2 is 2.19 bits per heavy atom. The van der Waals surface area contributed by atoms with Gasteiger partial charge in [0.05, 0.1) is 5.69 Å². The van der Waals surface area contributed by atoms with Crippen molar-refractivity contribution in [3.63, 3.8) is 0 Å². The zero-order valence-electron chi connectivity index (χ0n) is 8.81. The Morgan fingerprint density at radius 1 is 1.31 bits per heavy atom. The predicted octanol–water partition coefficient (Wildman–Crippen LogP) is 0.834. The summed E-state index contributed by atoms with van der Waals surface area (Å²) in [5.41, 5.74) is 1.88. The normalized spacial score (nSPS) is 14.8. The largest absolute Gasteiger partial charge is 0.321 e. The van der Waals surface area contributed by atoms with Gasteiger partial charge >= 0.3 is 0 Å². The summed E-state index contributed by atoms with van der Waals surface area (Å²) in [4.78, 5) is 23.1. The van der Waals surface area contributed by atoms with Gasteiger partial charge in [-0.3, -0.25) is 9.36 Å². The Labute approximate surface area is 92.2 Å². The van der Waals surface area contributed by atoms with Gasteiger partial charge in [0.15, 0.2) is 0 Å². The van der Waals surface area contributed by atoms with E-state index in [1.54, 1.807) is 23.3 Å². The van der Waals surface area contributed by atoms with E-state index in [1.165, 1.54) is 0 Å².